The summed E-state index contributed by atoms with van der Waals surface area (Å²) in [5.41, 5.74) is 1.45. The molecule has 2 heteroatoms. The van der Waals surface area contributed by atoms with E-state index in [1.165, 1.54) is 24.2 Å². The first-order valence-electron chi connectivity index (χ1n) is 3.98. The van der Waals surface area contributed by atoms with Crippen molar-refractivity contribution in [2.45, 2.75) is 18.1 Å². The number of thioether (sulfide) groups is 1. The molecule has 1 fully saturated rings. The van der Waals surface area contributed by atoms with Crippen molar-refractivity contribution in [2.75, 3.05) is 5.75 Å². The van der Waals surface area contributed by atoms with Gasteiger partial charge in [0.05, 0.1) is 0 Å². The highest BCUT2D eigenvalue weighted by molar-refractivity contribution is 7.99. The summed E-state index contributed by atoms with van der Waals surface area (Å²) in [6.07, 6.45) is 6.48. The van der Waals surface area contributed by atoms with Crippen molar-refractivity contribution in [1.82, 2.24) is 4.98 Å². The van der Waals surface area contributed by atoms with Crippen LogP contribution in [0.4, 0.5) is 0 Å². The third-order valence-corrected chi connectivity index (χ3v) is 3.44. The van der Waals surface area contributed by atoms with E-state index in [1.807, 2.05) is 12.4 Å². The van der Waals surface area contributed by atoms with Gasteiger partial charge >= 0.3 is 0 Å². The third kappa shape index (κ3) is 1.56. The van der Waals surface area contributed by atoms with E-state index in [-0.39, 0.29) is 0 Å². The molecule has 1 aromatic heterocycles. The van der Waals surface area contributed by atoms with Crippen LogP contribution in [0, 0.1) is 0 Å². The maximum atomic E-state index is 4.01. The molecular formula is C9H11NS. The Balaban J connectivity index is 2.16. The number of hydrogen-bond donors (Lipinski definition) is 0. The standard InChI is InChI=1S/C9H11NS/c1-2-9(11-7-1)8-3-5-10-6-4-8/h3-6,9H,1-2,7H2. The average molecular weight is 165 g/mol. The van der Waals surface area contributed by atoms with Gasteiger partial charge in [-0.3, -0.25) is 4.98 Å². The number of rotatable bonds is 1. The summed E-state index contributed by atoms with van der Waals surface area (Å²) in [5.74, 6) is 1.33. The lowest BCUT2D eigenvalue weighted by Gasteiger charge is -2.06. The minimum atomic E-state index is 0.748. The van der Waals surface area contributed by atoms with E-state index in [0.29, 0.717) is 0 Å². The number of nitrogens with zero attached hydrogens (tertiary/aromatic N) is 1. The molecule has 0 saturated carbocycles. The van der Waals surface area contributed by atoms with Crippen molar-refractivity contribution >= 4 is 11.8 Å². The van der Waals surface area contributed by atoms with Crippen molar-refractivity contribution in [3.8, 4) is 0 Å². The Morgan fingerprint density at radius 2 is 2.18 bits per heavy atom. The zero-order valence-electron chi connectivity index (χ0n) is 6.36. The van der Waals surface area contributed by atoms with Crippen LogP contribution in [-0.2, 0) is 0 Å². The lowest BCUT2D eigenvalue weighted by atomic mass is 10.1. The van der Waals surface area contributed by atoms with Gasteiger partial charge in [-0.25, -0.2) is 0 Å². The molecule has 1 aliphatic heterocycles. The van der Waals surface area contributed by atoms with Crippen molar-refractivity contribution in [3.63, 3.8) is 0 Å². The predicted octanol–water partition coefficient (Wildman–Crippen LogP) is 2.65. The van der Waals surface area contributed by atoms with Crippen LogP contribution < -0.4 is 0 Å². The highest BCUT2D eigenvalue weighted by Crippen LogP contribution is 2.39. The second-order valence-corrected chi connectivity index (χ2v) is 4.09. The quantitative estimate of drug-likeness (QED) is 0.634. The van der Waals surface area contributed by atoms with E-state index in [2.05, 4.69) is 28.9 Å². The van der Waals surface area contributed by atoms with Crippen molar-refractivity contribution < 1.29 is 0 Å². The average Bonchev–Trinajstić information content (AvgIpc) is 2.58. The fourth-order valence-electron chi connectivity index (χ4n) is 1.42. The molecule has 0 bridgehead atoms. The maximum Gasteiger partial charge on any atom is 0.0298 e. The summed E-state index contributed by atoms with van der Waals surface area (Å²) in [6, 6.07) is 4.26. The Morgan fingerprint density at radius 3 is 2.82 bits per heavy atom. The molecule has 0 radical (unpaired) electrons. The number of aromatic nitrogens is 1. The minimum absolute atomic E-state index is 0.748. The topological polar surface area (TPSA) is 12.9 Å². The smallest absolute Gasteiger partial charge is 0.0298 e. The third-order valence-electron chi connectivity index (χ3n) is 2.01. The summed E-state index contributed by atoms with van der Waals surface area (Å²) < 4.78 is 0. The zero-order chi connectivity index (χ0) is 7.52. The first-order chi connectivity index (χ1) is 5.47. The lowest BCUT2D eigenvalue weighted by molar-refractivity contribution is 0.828. The van der Waals surface area contributed by atoms with Crippen LogP contribution in [0.25, 0.3) is 0 Å². The lowest BCUT2D eigenvalue weighted by Crippen LogP contribution is -1.87. The molecular weight excluding hydrogens is 154 g/mol. The van der Waals surface area contributed by atoms with E-state index in [1.54, 1.807) is 0 Å². The molecule has 0 spiro atoms. The van der Waals surface area contributed by atoms with Gasteiger partial charge in [0.2, 0.25) is 0 Å². The van der Waals surface area contributed by atoms with Gasteiger partial charge in [-0.15, -0.1) is 0 Å². The number of pyridine rings is 1. The zero-order valence-corrected chi connectivity index (χ0v) is 7.18. The summed E-state index contributed by atoms with van der Waals surface area (Å²) >= 11 is 2.07. The monoisotopic (exact) mass is 165 g/mol. The first-order valence-corrected chi connectivity index (χ1v) is 5.03. The summed E-state index contributed by atoms with van der Waals surface area (Å²) in [4.78, 5) is 4.01. The van der Waals surface area contributed by atoms with Crippen LogP contribution in [0.1, 0.15) is 23.7 Å². The van der Waals surface area contributed by atoms with Gasteiger partial charge in [0, 0.05) is 17.6 Å². The minimum Gasteiger partial charge on any atom is -0.265 e. The van der Waals surface area contributed by atoms with Gasteiger partial charge in [0.25, 0.3) is 0 Å². The fourth-order valence-corrected chi connectivity index (χ4v) is 2.72. The van der Waals surface area contributed by atoms with Crippen LogP contribution in [-0.4, -0.2) is 10.7 Å². The van der Waals surface area contributed by atoms with Crippen molar-refractivity contribution in [1.29, 1.82) is 0 Å². The van der Waals surface area contributed by atoms with E-state index < -0.39 is 0 Å². The van der Waals surface area contributed by atoms with Crippen LogP contribution >= 0.6 is 11.8 Å². The molecule has 1 atom stereocenters. The van der Waals surface area contributed by atoms with Crippen LogP contribution in [0.5, 0.6) is 0 Å². The van der Waals surface area contributed by atoms with Crippen LogP contribution in [0.3, 0.4) is 0 Å². The molecule has 1 saturated heterocycles. The van der Waals surface area contributed by atoms with E-state index in [0.717, 1.165) is 5.25 Å². The Bertz CT molecular complexity index is 216. The molecule has 1 unspecified atom stereocenters. The summed E-state index contributed by atoms with van der Waals surface area (Å²) in [7, 11) is 0. The van der Waals surface area contributed by atoms with E-state index in [4.69, 9.17) is 0 Å². The first kappa shape index (κ1) is 7.17. The van der Waals surface area contributed by atoms with Crippen molar-refractivity contribution in [2.24, 2.45) is 0 Å². The van der Waals surface area contributed by atoms with E-state index >= 15 is 0 Å². The molecule has 58 valence electrons. The van der Waals surface area contributed by atoms with Gasteiger partial charge in [-0.05, 0) is 36.3 Å². The van der Waals surface area contributed by atoms with Crippen molar-refractivity contribution in [3.05, 3.63) is 30.1 Å². The van der Waals surface area contributed by atoms with Gasteiger partial charge in [-0.1, -0.05) is 0 Å². The van der Waals surface area contributed by atoms with Gasteiger partial charge in [0.15, 0.2) is 0 Å². The maximum absolute atomic E-state index is 4.01. The molecule has 0 aliphatic carbocycles. The molecule has 0 aromatic carbocycles. The summed E-state index contributed by atoms with van der Waals surface area (Å²) in [5, 5.41) is 0.748. The molecule has 1 aliphatic rings. The van der Waals surface area contributed by atoms with E-state index in [9.17, 15) is 0 Å². The largest absolute Gasteiger partial charge is 0.265 e. The second kappa shape index (κ2) is 3.26. The Kier molecular flexibility index (Phi) is 2.13. The molecule has 2 rings (SSSR count). The van der Waals surface area contributed by atoms with Crippen LogP contribution in [0.15, 0.2) is 24.5 Å². The van der Waals surface area contributed by atoms with Crippen LogP contribution in [0.2, 0.25) is 0 Å². The fraction of sp³-hybridized carbons (Fsp3) is 0.444. The highest BCUT2D eigenvalue weighted by atomic mass is 32.2. The normalized spacial score (nSPS) is 23.8. The molecule has 2 heterocycles. The highest BCUT2D eigenvalue weighted by Gasteiger charge is 2.16. The van der Waals surface area contributed by atoms with Gasteiger partial charge in [0.1, 0.15) is 0 Å². The molecule has 1 nitrogen and oxygen atoms in total. The Labute approximate surface area is 71.2 Å². The molecule has 0 amide bonds. The van der Waals surface area contributed by atoms with Gasteiger partial charge < -0.3 is 0 Å². The SMILES string of the molecule is c1cc(C2CCCS2)ccn1. The molecule has 11 heavy (non-hydrogen) atoms. The Hall–Kier alpha value is -0.500. The summed E-state index contributed by atoms with van der Waals surface area (Å²) in [6.45, 7) is 0. The molecule has 0 N–H and O–H groups in total. The second-order valence-electron chi connectivity index (χ2n) is 2.78. The Morgan fingerprint density at radius 1 is 1.36 bits per heavy atom. The van der Waals surface area contributed by atoms with Gasteiger partial charge in [-0.2, -0.15) is 11.8 Å². The molecule has 1 aromatic rings. The number of hydrogen-bond acceptors (Lipinski definition) is 2. The predicted molar refractivity (Wildman–Crippen MR) is 48.7 cm³/mol.